The van der Waals surface area contributed by atoms with Crippen LogP contribution in [0.2, 0.25) is 0 Å². The van der Waals surface area contributed by atoms with Crippen molar-refractivity contribution in [2.75, 3.05) is 13.1 Å². The number of hydrogen-bond acceptors (Lipinski definition) is 3. The van der Waals surface area contributed by atoms with Crippen LogP contribution in [-0.2, 0) is 14.3 Å². The van der Waals surface area contributed by atoms with E-state index in [1.54, 1.807) is 4.90 Å². The summed E-state index contributed by atoms with van der Waals surface area (Å²) in [6.07, 6.45) is 2.57. The summed E-state index contributed by atoms with van der Waals surface area (Å²) in [5, 5.41) is 9.04. The first-order chi connectivity index (χ1) is 8.99. The van der Waals surface area contributed by atoms with Crippen LogP contribution in [-0.4, -0.2) is 47.2 Å². The average molecular weight is 271 g/mol. The number of morpholine rings is 1. The average Bonchev–Trinajstić information content (AvgIpc) is 2.37. The van der Waals surface area contributed by atoms with Gasteiger partial charge in [-0.2, -0.15) is 0 Å². The Labute approximate surface area is 114 Å². The quantitative estimate of drug-likeness (QED) is 0.801. The van der Waals surface area contributed by atoms with Crippen LogP contribution in [0, 0.1) is 5.92 Å². The molecule has 1 aliphatic rings. The minimum Gasteiger partial charge on any atom is -0.479 e. The highest BCUT2D eigenvalue weighted by Gasteiger charge is 2.34. The van der Waals surface area contributed by atoms with Crippen molar-refractivity contribution in [3.05, 3.63) is 0 Å². The van der Waals surface area contributed by atoms with Crippen LogP contribution in [0.1, 0.15) is 46.5 Å². The van der Waals surface area contributed by atoms with Gasteiger partial charge in [-0.1, -0.05) is 26.7 Å². The molecule has 0 saturated carbocycles. The Bertz CT molecular complexity index is 313. The minimum absolute atomic E-state index is 0.0229. The first-order valence-electron chi connectivity index (χ1n) is 7.16. The molecule has 0 bridgehead atoms. The van der Waals surface area contributed by atoms with Crippen LogP contribution in [0.15, 0.2) is 0 Å². The molecule has 0 spiro atoms. The number of nitrogens with zero attached hydrogens (tertiary/aromatic N) is 1. The smallest absolute Gasteiger partial charge is 0.334 e. The van der Waals surface area contributed by atoms with Crippen molar-refractivity contribution in [1.29, 1.82) is 0 Å². The van der Waals surface area contributed by atoms with Gasteiger partial charge in [0.2, 0.25) is 5.91 Å². The summed E-state index contributed by atoms with van der Waals surface area (Å²) in [7, 11) is 0. The van der Waals surface area contributed by atoms with Crippen molar-refractivity contribution >= 4 is 11.9 Å². The largest absolute Gasteiger partial charge is 0.479 e. The number of hydrogen-bond donors (Lipinski definition) is 1. The molecule has 0 aromatic carbocycles. The second-order valence-electron chi connectivity index (χ2n) is 5.29. The normalized spacial score (nSPS) is 23.7. The molecule has 5 nitrogen and oxygen atoms in total. The number of ether oxygens (including phenoxy) is 1. The molecule has 19 heavy (non-hydrogen) atoms. The third kappa shape index (κ3) is 4.49. The van der Waals surface area contributed by atoms with Crippen molar-refractivity contribution in [1.82, 2.24) is 4.90 Å². The maximum atomic E-state index is 12.5. The predicted molar refractivity (Wildman–Crippen MR) is 71.9 cm³/mol. The van der Waals surface area contributed by atoms with Gasteiger partial charge in [-0.05, 0) is 19.8 Å². The maximum absolute atomic E-state index is 12.5. The van der Waals surface area contributed by atoms with Crippen LogP contribution < -0.4 is 0 Å². The van der Waals surface area contributed by atoms with Crippen molar-refractivity contribution in [3.63, 3.8) is 0 Å². The van der Waals surface area contributed by atoms with Crippen LogP contribution in [0.3, 0.4) is 0 Å². The molecule has 1 unspecified atom stereocenters. The zero-order chi connectivity index (χ0) is 14.4. The molecule has 1 N–H and O–H groups in total. The minimum atomic E-state index is -0.994. The summed E-state index contributed by atoms with van der Waals surface area (Å²) >= 11 is 0. The number of aliphatic carboxylic acids is 1. The Morgan fingerprint density at radius 1 is 1.26 bits per heavy atom. The first kappa shape index (κ1) is 16.0. The predicted octanol–water partition coefficient (Wildman–Crippen LogP) is 1.90. The van der Waals surface area contributed by atoms with Gasteiger partial charge in [-0.3, -0.25) is 4.79 Å². The number of carbonyl (C=O) groups excluding carboxylic acids is 1. The Morgan fingerprint density at radius 2 is 1.84 bits per heavy atom. The zero-order valence-electron chi connectivity index (χ0n) is 12.1. The Balaban J connectivity index is 2.70. The standard InChI is InChI=1S/C14H25NO4/c1-4-6-11(7-5-2)13(16)15-8-10(3)19-12(9-15)14(17)18/h10-12H,4-9H2,1-3H3,(H,17,18)/t10-,12?/m1/s1. The van der Waals surface area contributed by atoms with Crippen molar-refractivity contribution in [3.8, 4) is 0 Å². The van der Waals surface area contributed by atoms with E-state index >= 15 is 0 Å². The fourth-order valence-corrected chi connectivity index (χ4v) is 2.61. The lowest BCUT2D eigenvalue weighted by Gasteiger charge is -2.36. The van der Waals surface area contributed by atoms with E-state index in [1.807, 2.05) is 6.92 Å². The Morgan fingerprint density at radius 3 is 2.32 bits per heavy atom. The third-order valence-electron chi connectivity index (χ3n) is 3.47. The highest BCUT2D eigenvalue weighted by molar-refractivity contribution is 5.80. The van der Waals surface area contributed by atoms with Gasteiger partial charge >= 0.3 is 5.97 Å². The molecular weight excluding hydrogens is 246 g/mol. The molecule has 0 radical (unpaired) electrons. The first-order valence-corrected chi connectivity index (χ1v) is 7.16. The molecule has 1 amide bonds. The lowest BCUT2D eigenvalue weighted by molar-refractivity contribution is -0.168. The van der Waals surface area contributed by atoms with Crippen LogP contribution in [0.4, 0.5) is 0 Å². The van der Waals surface area contributed by atoms with Gasteiger partial charge in [-0.15, -0.1) is 0 Å². The van der Waals surface area contributed by atoms with Crippen LogP contribution in [0.5, 0.6) is 0 Å². The fourth-order valence-electron chi connectivity index (χ4n) is 2.61. The number of carboxylic acids is 1. The van der Waals surface area contributed by atoms with E-state index < -0.39 is 12.1 Å². The van der Waals surface area contributed by atoms with Gasteiger partial charge < -0.3 is 14.7 Å². The molecule has 1 rings (SSSR count). The summed E-state index contributed by atoms with van der Waals surface area (Å²) in [6, 6.07) is 0. The number of carbonyl (C=O) groups is 2. The molecule has 0 aromatic rings. The maximum Gasteiger partial charge on any atom is 0.334 e. The molecule has 1 fully saturated rings. The lowest BCUT2D eigenvalue weighted by Crippen LogP contribution is -2.53. The summed E-state index contributed by atoms with van der Waals surface area (Å²) in [5.41, 5.74) is 0. The summed E-state index contributed by atoms with van der Waals surface area (Å²) < 4.78 is 5.33. The third-order valence-corrected chi connectivity index (χ3v) is 3.47. The van der Waals surface area contributed by atoms with Gasteiger partial charge in [0, 0.05) is 12.5 Å². The van der Waals surface area contributed by atoms with E-state index in [2.05, 4.69) is 13.8 Å². The number of amides is 1. The van der Waals surface area contributed by atoms with E-state index in [0.29, 0.717) is 6.54 Å². The molecule has 1 saturated heterocycles. The van der Waals surface area contributed by atoms with Crippen molar-refractivity contribution < 1.29 is 19.4 Å². The van der Waals surface area contributed by atoms with Crippen LogP contribution >= 0.6 is 0 Å². The van der Waals surface area contributed by atoms with Crippen molar-refractivity contribution in [2.45, 2.75) is 58.7 Å². The second-order valence-corrected chi connectivity index (χ2v) is 5.29. The summed E-state index contributed by atoms with van der Waals surface area (Å²) in [6.45, 7) is 6.61. The lowest BCUT2D eigenvalue weighted by atomic mass is 9.96. The van der Waals surface area contributed by atoms with Crippen molar-refractivity contribution in [2.24, 2.45) is 5.92 Å². The van der Waals surface area contributed by atoms with Gasteiger partial charge in [-0.25, -0.2) is 4.79 Å². The molecular formula is C14H25NO4. The van der Waals surface area contributed by atoms with E-state index in [1.165, 1.54) is 0 Å². The Kier molecular flexibility index (Phi) is 6.28. The van der Waals surface area contributed by atoms with Gasteiger partial charge in [0.1, 0.15) is 0 Å². The molecule has 110 valence electrons. The van der Waals surface area contributed by atoms with Gasteiger partial charge in [0.25, 0.3) is 0 Å². The van der Waals surface area contributed by atoms with E-state index in [9.17, 15) is 9.59 Å². The molecule has 1 aliphatic heterocycles. The van der Waals surface area contributed by atoms with Crippen LogP contribution in [0.25, 0.3) is 0 Å². The van der Waals surface area contributed by atoms with E-state index in [-0.39, 0.29) is 24.5 Å². The molecule has 5 heteroatoms. The van der Waals surface area contributed by atoms with E-state index in [0.717, 1.165) is 25.7 Å². The van der Waals surface area contributed by atoms with E-state index in [4.69, 9.17) is 9.84 Å². The summed E-state index contributed by atoms with van der Waals surface area (Å²) in [5.74, 6) is -0.883. The SMILES string of the molecule is CCCC(CCC)C(=O)N1CC(C(=O)O)O[C@H](C)C1. The topological polar surface area (TPSA) is 66.8 Å². The number of carboxylic acid groups (broad SMARTS) is 1. The fraction of sp³-hybridized carbons (Fsp3) is 0.857. The molecule has 1 heterocycles. The molecule has 0 aliphatic carbocycles. The zero-order valence-corrected chi connectivity index (χ0v) is 12.1. The number of rotatable bonds is 6. The Hall–Kier alpha value is -1.10. The second kappa shape index (κ2) is 7.48. The highest BCUT2D eigenvalue weighted by atomic mass is 16.5. The van der Waals surface area contributed by atoms with Gasteiger partial charge in [0.15, 0.2) is 6.10 Å². The molecule has 0 aromatic heterocycles. The molecule has 2 atom stereocenters. The monoisotopic (exact) mass is 271 g/mol. The van der Waals surface area contributed by atoms with Gasteiger partial charge in [0.05, 0.1) is 12.6 Å². The summed E-state index contributed by atoms with van der Waals surface area (Å²) in [4.78, 5) is 25.2. The highest BCUT2D eigenvalue weighted by Crippen LogP contribution is 2.20.